The normalized spacial score (nSPS) is 25.0. The van der Waals surface area contributed by atoms with Gasteiger partial charge in [-0.25, -0.2) is 4.99 Å². The Morgan fingerprint density at radius 3 is 2.89 bits per heavy atom. The molecule has 1 saturated carbocycles. The van der Waals surface area contributed by atoms with Crippen LogP contribution >= 0.6 is 11.8 Å². The lowest BCUT2D eigenvalue weighted by Crippen LogP contribution is -2.18. The smallest absolute Gasteiger partial charge is 0.161 e. The van der Waals surface area contributed by atoms with E-state index in [0.717, 1.165) is 27.8 Å². The Labute approximate surface area is 167 Å². The molecule has 0 aromatic rings. The van der Waals surface area contributed by atoms with E-state index < -0.39 is 0 Å². The minimum Gasteiger partial charge on any atom is -0.393 e. The van der Waals surface area contributed by atoms with Crippen LogP contribution in [-0.4, -0.2) is 50.5 Å². The number of thioether (sulfide) groups is 1. The Kier molecular flexibility index (Phi) is 10.0. The molecule has 0 amide bonds. The van der Waals surface area contributed by atoms with Gasteiger partial charge in [0.2, 0.25) is 0 Å². The molecule has 0 radical (unpaired) electrons. The van der Waals surface area contributed by atoms with E-state index >= 15 is 0 Å². The van der Waals surface area contributed by atoms with Gasteiger partial charge in [-0.05, 0) is 24.5 Å². The Hall–Kier alpha value is -1.79. The second kappa shape index (κ2) is 12.6. The Bertz CT molecular complexity index is 628. The number of hydrogen-bond donors (Lipinski definition) is 2. The van der Waals surface area contributed by atoms with Gasteiger partial charge in [-0.15, -0.1) is 0 Å². The van der Waals surface area contributed by atoms with Crippen molar-refractivity contribution >= 4 is 23.1 Å². The molecule has 0 atom stereocenters. The van der Waals surface area contributed by atoms with Gasteiger partial charge >= 0.3 is 0 Å². The summed E-state index contributed by atoms with van der Waals surface area (Å²) in [5.41, 5.74) is 2.86. The molecule has 6 heteroatoms. The molecule has 1 fully saturated rings. The molecule has 1 aliphatic carbocycles. The van der Waals surface area contributed by atoms with E-state index in [0.29, 0.717) is 19.3 Å². The molecule has 1 aliphatic heterocycles. The van der Waals surface area contributed by atoms with Crippen molar-refractivity contribution in [3.05, 3.63) is 47.9 Å². The average molecular weight is 389 g/mol. The first-order chi connectivity index (χ1) is 13.2. The summed E-state index contributed by atoms with van der Waals surface area (Å²) in [5, 5.41) is 7.08. The average Bonchev–Trinajstić information content (AvgIpc) is 2.78. The zero-order valence-electron chi connectivity index (χ0n) is 16.5. The predicted octanol–water partition coefficient (Wildman–Crippen LogP) is 3.83. The standard InChI is InChI=1S/C21H32N4OS/c1-17-9-10-18(11-14-27-21(23-3)25-17)19(15-22-2)16-24-12-13-26-20-7-5-4-6-8-20/h9-11,15-16,20,22H,1,4-8,12-14H2,2-3H3,(H,23,25)/b10-9-,18-11+,19-15-,24-16-. The minimum absolute atomic E-state index is 0.436. The highest BCUT2D eigenvalue weighted by Gasteiger charge is 2.12. The fourth-order valence-corrected chi connectivity index (χ4v) is 3.77. The van der Waals surface area contributed by atoms with E-state index in [4.69, 9.17) is 4.74 Å². The van der Waals surface area contributed by atoms with Gasteiger partial charge in [-0.2, -0.15) is 0 Å². The third-order valence-electron chi connectivity index (χ3n) is 4.43. The second-order valence-corrected chi connectivity index (χ2v) is 7.53. The largest absolute Gasteiger partial charge is 0.393 e. The summed E-state index contributed by atoms with van der Waals surface area (Å²) in [6.07, 6.45) is 16.8. The maximum atomic E-state index is 5.95. The van der Waals surface area contributed by atoms with E-state index in [1.165, 1.54) is 32.1 Å². The number of amidine groups is 1. The summed E-state index contributed by atoms with van der Waals surface area (Å²) >= 11 is 1.65. The van der Waals surface area contributed by atoms with E-state index in [-0.39, 0.29) is 0 Å². The van der Waals surface area contributed by atoms with Crippen LogP contribution in [0.3, 0.4) is 0 Å². The van der Waals surface area contributed by atoms with Crippen molar-refractivity contribution < 1.29 is 4.74 Å². The second-order valence-electron chi connectivity index (χ2n) is 6.52. The third kappa shape index (κ3) is 8.18. The first-order valence-corrected chi connectivity index (χ1v) is 10.7. The highest BCUT2D eigenvalue weighted by molar-refractivity contribution is 8.13. The fraction of sp³-hybridized carbons (Fsp3) is 0.524. The number of rotatable bonds is 7. The molecule has 5 nitrogen and oxygen atoms in total. The first-order valence-electron chi connectivity index (χ1n) is 9.68. The number of hydrogen-bond acceptors (Lipinski definition) is 6. The summed E-state index contributed by atoms with van der Waals surface area (Å²) in [7, 11) is 3.77. The van der Waals surface area contributed by atoms with Crippen LogP contribution < -0.4 is 10.6 Å². The number of allylic oxidation sites excluding steroid dienone is 4. The summed E-state index contributed by atoms with van der Waals surface area (Å²) < 4.78 is 5.95. The summed E-state index contributed by atoms with van der Waals surface area (Å²) in [6, 6.07) is 0. The summed E-state index contributed by atoms with van der Waals surface area (Å²) in [5.74, 6) is 0.826. The highest BCUT2D eigenvalue weighted by Crippen LogP contribution is 2.20. The van der Waals surface area contributed by atoms with E-state index in [1.54, 1.807) is 11.8 Å². The van der Waals surface area contributed by atoms with Gasteiger partial charge in [0.1, 0.15) is 0 Å². The van der Waals surface area contributed by atoms with Crippen molar-refractivity contribution in [3.63, 3.8) is 0 Å². The Balaban J connectivity index is 1.92. The van der Waals surface area contributed by atoms with Crippen LogP contribution in [0.25, 0.3) is 0 Å². The van der Waals surface area contributed by atoms with Crippen molar-refractivity contribution in [3.8, 4) is 0 Å². The Morgan fingerprint density at radius 1 is 1.33 bits per heavy atom. The topological polar surface area (TPSA) is 58.0 Å². The maximum absolute atomic E-state index is 5.95. The van der Waals surface area contributed by atoms with Crippen LogP contribution in [0.5, 0.6) is 0 Å². The maximum Gasteiger partial charge on any atom is 0.161 e. The minimum atomic E-state index is 0.436. The van der Waals surface area contributed by atoms with Crippen LogP contribution in [0.1, 0.15) is 32.1 Å². The van der Waals surface area contributed by atoms with Crippen molar-refractivity contribution in [2.24, 2.45) is 9.98 Å². The SMILES string of the molecule is C=C1\C=C/C(C(/C=N\CCOC2CCCCC2)=C\NC)=C\CS/C(NC)=N\1. The van der Waals surface area contributed by atoms with E-state index in [9.17, 15) is 0 Å². The molecule has 2 rings (SSSR count). The van der Waals surface area contributed by atoms with Crippen LogP contribution in [0, 0.1) is 0 Å². The van der Waals surface area contributed by atoms with Gasteiger partial charge in [-0.3, -0.25) is 4.99 Å². The summed E-state index contributed by atoms with van der Waals surface area (Å²) in [4.78, 5) is 9.03. The third-order valence-corrected chi connectivity index (χ3v) is 5.33. The molecule has 1 heterocycles. The molecule has 2 N–H and O–H groups in total. The van der Waals surface area contributed by atoms with Crippen LogP contribution in [0.4, 0.5) is 0 Å². The molecule has 2 aliphatic rings. The summed E-state index contributed by atoms with van der Waals surface area (Å²) in [6.45, 7) is 5.36. The first kappa shape index (κ1) is 21.5. The van der Waals surface area contributed by atoms with Crippen molar-refractivity contribution in [1.82, 2.24) is 10.6 Å². The van der Waals surface area contributed by atoms with Gasteiger partial charge in [0.05, 0.1) is 25.0 Å². The van der Waals surface area contributed by atoms with Crippen molar-refractivity contribution in [2.45, 2.75) is 38.2 Å². The fourth-order valence-electron chi connectivity index (χ4n) is 3.02. The van der Waals surface area contributed by atoms with E-state index in [1.807, 2.05) is 38.7 Å². The van der Waals surface area contributed by atoms with E-state index in [2.05, 4.69) is 33.3 Å². The Morgan fingerprint density at radius 2 is 2.15 bits per heavy atom. The molecular formula is C21H32N4OS. The van der Waals surface area contributed by atoms with Crippen molar-refractivity contribution in [1.29, 1.82) is 0 Å². The highest BCUT2D eigenvalue weighted by atomic mass is 32.2. The molecule has 0 aromatic carbocycles. The number of ether oxygens (including phenoxy) is 1. The molecule has 0 bridgehead atoms. The molecule has 148 valence electrons. The molecule has 27 heavy (non-hydrogen) atoms. The lowest BCUT2D eigenvalue weighted by molar-refractivity contribution is 0.0335. The molecular weight excluding hydrogens is 356 g/mol. The van der Waals surface area contributed by atoms with Crippen LogP contribution in [-0.2, 0) is 4.74 Å². The lowest BCUT2D eigenvalue weighted by atomic mass is 9.98. The van der Waals surface area contributed by atoms with Gasteiger partial charge in [0.15, 0.2) is 5.17 Å². The van der Waals surface area contributed by atoms with Gasteiger partial charge in [0, 0.05) is 37.8 Å². The van der Waals surface area contributed by atoms with Crippen LogP contribution in [0.15, 0.2) is 57.8 Å². The zero-order chi connectivity index (χ0) is 19.3. The number of nitrogens with zero attached hydrogens (tertiary/aromatic N) is 2. The van der Waals surface area contributed by atoms with Crippen molar-refractivity contribution in [2.75, 3.05) is 33.0 Å². The molecule has 0 unspecified atom stereocenters. The monoisotopic (exact) mass is 388 g/mol. The molecule has 0 spiro atoms. The number of aliphatic imine (C=N–C) groups is 2. The zero-order valence-corrected chi connectivity index (χ0v) is 17.4. The van der Waals surface area contributed by atoms with Gasteiger partial charge < -0.3 is 15.4 Å². The van der Waals surface area contributed by atoms with Crippen LogP contribution in [0.2, 0.25) is 0 Å². The predicted molar refractivity (Wildman–Crippen MR) is 119 cm³/mol. The number of nitrogens with one attached hydrogen (secondary N) is 2. The van der Waals surface area contributed by atoms with Gasteiger partial charge in [0.25, 0.3) is 0 Å². The molecule has 0 aromatic heterocycles. The lowest BCUT2D eigenvalue weighted by Gasteiger charge is -2.21. The quantitative estimate of drug-likeness (QED) is 0.514. The van der Waals surface area contributed by atoms with Gasteiger partial charge in [-0.1, -0.05) is 49.8 Å². The molecule has 0 saturated heterocycles.